The summed E-state index contributed by atoms with van der Waals surface area (Å²) < 4.78 is 5.79. The predicted molar refractivity (Wildman–Crippen MR) is 101 cm³/mol. The van der Waals surface area contributed by atoms with Gasteiger partial charge in [-0.1, -0.05) is 6.92 Å². The van der Waals surface area contributed by atoms with E-state index in [0.29, 0.717) is 5.69 Å². The van der Waals surface area contributed by atoms with E-state index in [1.165, 1.54) is 11.3 Å². The molecular weight excluding hydrogens is 342 g/mol. The monoisotopic (exact) mass is 369 g/mol. The molecule has 4 rings (SSSR count). The standard InChI is InChI=1S/C19H27N7O/c1-4-7-25-14(2)15(11-21-25)12-24-8-9-26-16(13-24)10-17(22-26)19(27)18-5-6-20-23(18)3/h5-6,10-11,19,27H,4,7-9,12-13H2,1-3H3/t19-/m0/s1. The van der Waals surface area contributed by atoms with E-state index in [1.807, 2.05) is 30.1 Å². The van der Waals surface area contributed by atoms with E-state index < -0.39 is 6.10 Å². The molecule has 0 saturated carbocycles. The van der Waals surface area contributed by atoms with Gasteiger partial charge >= 0.3 is 0 Å². The zero-order valence-corrected chi connectivity index (χ0v) is 16.2. The maximum absolute atomic E-state index is 10.6. The van der Waals surface area contributed by atoms with Crippen molar-refractivity contribution in [3.05, 3.63) is 52.9 Å². The van der Waals surface area contributed by atoms with Crippen molar-refractivity contribution in [1.82, 2.24) is 34.2 Å². The van der Waals surface area contributed by atoms with Crippen molar-refractivity contribution in [3.63, 3.8) is 0 Å². The van der Waals surface area contributed by atoms with Crippen molar-refractivity contribution in [3.8, 4) is 0 Å². The van der Waals surface area contributed by atoms with Crippen LogP contribution in [-0.4, -0.2) is 45.9 Å². The number of fused-ring (bicyclic) bond motifs is 1. The number of hydrogen-bond acceptors (Lipinski definition) is 5. The Morgan fingerprint density at radius 3 is 2.85 bits per heavy atom. The molecule has 3 aromatic heterocycles. The second-order valence-electron chi connectivity index (χ2n) is 7.25. The number of aryl methyl sites for hydroxylation is 2. The molecular formula is C19H27N7O. The highest BCUT2D eigenvalue weighted by Crippen LogP contribution is 2.24. The van der Waals surface area contributed by atoms with E-state index >= 15 is 0 Å². The third kappa shape index (κ3) is 3.42. The minimum atomic E-state index is -0.751. The minimum Gasteiger partial charge on any atom is -0.380 e. The summed E-state index contributed by atoms with van der Waals surface area (Å²) in [6, 6.07) is 3.84. The molecule has 144 valence electrons. The van der Waals surface area contributed by atoms with Crippen LogP contribution in [0.4, 0.5) is 0 Å². The van der Waals surface area contributed by atoms with Gasteiger partial charge in [0, 0.05) is 50.7 Å². The van der Waals surface area contributed by atoms with Crippen LogP contribution in [0.25, 0.3) is 0 Å². The summed E-state index contributed by atoms with van der Waals surface area (Å²) in [6.45, 7) is 8.76. The Morgan fingerprint density at radius 1 is 1.26 bits per heavy atom. The number of nitrogens with zero attached hydrogens (tertiary/aromatic N) is 7. The summed E-state index contributed by atoms with van der Waals surface area (Å²) in [5.41, 5.74) is 5.11. The Kier molecular flexibility index (Phi) is 4.84. The van der Waals surface area contributed by atoms with Crippen molar-refractivity contribution < 1.29 is 5.11 Å². The minimum absolute atomic E-state index is 0.683. The zero-order valence-electron chi connectivity index (χ0n) is 16.2. The Hall–Kier alpha value is -2.45. The van der Waals surface area contributed by atoms with E-state index in [4.69, 9.17) is 0 Å². The van der Waals surface area contributed by atoms with Gasteiger partial charge in [0.05, 0.1) is 29.8 Å². The Bertz CT molecular complexity index is 923. The van der Waals surface area contributed by atoms with Crippen LogP contribution >= 0.6 is 0 Å². The van der Waals surface area contributed by atoms with Gasteiger partial charge < -0.3 is 5.11 Å². The summed E-state index contributed by atoms with van der Waals surface area (Å²) >= 11 is 0. The van der Waals surface area contributed by atoms with Gasteiger partial charge in [0.2, 0.25) is 0 Å². The molecule has 0 aromatic carbocycles. The number of rotatable bonds is 6. The van der Waals surface area contributed by atoms with Crippen LogP contribution in [0.15, 0.2) is 24.5 Å². The lowest BCUT2D eigenvalue weighted by atomic mass is 10.1. The SMILES string of the molecule is CCCn1ncc(CN2CCn3nc([C@H](O)c4ccnn4C)cc3C2)c1C. The van der Waals surface area contributed by atoms with Gasteiger partial charge in [-0.15, -0.1) is 0 Å². The predicted octanol–water partition coefficient (Wildman–Crippen LogP) is 1.63. The fourth-order valence-corrected chi connectivity index (χ4v) is 3.73. The molecule has 1 aliphatic heterocycles. The van der Waals surface area contributed by atoms with Gasteiger partial charge in [0.1, 0.15) is 6.10 Å². The highest BCUT2D eigenvalue weighted by Gasteiger charge is 2.24. The topological polar surface area (TPSA) is 76.9 Å². The van der Waals surface area contributed by atoms with E-state index in [9.17, 15) is 5.11 Å². The van der Waals surface area contributed by atoms with Crippen molar-refractivity contribution in [2.45, 2.75) is 52.6 Å². The summed E-state index contributed by atoms with van der Waals surface area (Å²) in [5.74, 6) is 0. The van der Waals surface area contributed by atoms with Crippen molar-refractivity contribution >= 4 is 0 Å². The lowest BCUT2D eigenvalue weighted by Gasteiger charge is -2.27. The molecule has 0 unspecified atom stereocenters. The molecule has 8 nitrogen and oxygen atoms in total. The van der Waals surface area contributed by atoms with Crippen molar-refractivity contribution in [2.75, 3.05) is 6.54 Å². The van der Waals surface area contributed by atoms with Crippen molar-refractivity contribution in [2.24, 2.45) is 7.05 Å². The molecule has 27 heavy (non-hydrogen) atoms. The van der Waals surface area contributed by atoms with Gasteiger partial charge in [-0.25, -0.2) is 0 Å². The lowest BCUT2D eigenvalue weighted by molar-refractivity contribution is 0.196. The molecule has 0 amide bonds. The third-order valence-electron chi connectivity index (χ3n) is 5.35. The molecule has 1 atom stereocenters. The summed E-state index contributed by atoms with van der Waals surface area (Å²) in [4.78, 5) is 2.41. The first-order valence-corrected chi connectivity index (χ1v) is 9.53. The summed E-state index contributed by atoms with van der Waals surface area (Å²) in [5, 5.41) is 23.9. The first-order chi connectivity index (χ1) is 13.1. The van der Waals surface area contributed by atoms with Crippen LogP contribution in [0.1, 0.15) is 47.8 Å². The van der Waals surface area contributed by atoms with Gasteiger partial charge in [-0.3, -0.25) is 18.9 Å². The van der Waals surface area contributed by atoms with Crippen LogP contribution in [0.2, 0.25) is 0 Å². The molecule has 4 heterocycles. The summed E-state index contributed by atoms with van der Waals surface area (Å²) in [7, 11) is 1.83. The van der Waals surface area contributed by atoms with Crippen LogP contribution in [-0.2, 0) is 33.2 Å². The molecule has 0 fully saturated rings. The van der Waals surface area contributed by atoms with E-state index in [0.717, 1.165) is 50.5 Å². The second kappa shape index (κ2) is 7.28. The summed E-state index contributed by atoms with van der Waals surface area (Å²) in [6.07, 6.45) is 4.02. The molecule has 0 saturated heterocycles. The normalized spacial score (nSPS) is 15.9. The average molecular weight is 369 g/mol. The maximum atomic E-state index is 10.6. The Labute approximate surface area is 159 Å². The van der Waals surface area contributed by atoms with Gasteiger partial charge in [-0.05, 0) is 25.5 Å². The molecule has 0 radical (unpaired) electrons. The van der Waals surface area contributed by atoms with Gasteiger partial charge in [0.15, 0.2) is 0 Å². The largest absolute Gasteiger partial charge is 0.380 e. The van der Waals surface area contributed by atoms with Gasteiger partial charge in [-0.2, -0.15) is 15.3 Å². The fraction of sp³-hybridized carbons (Fsp3) is 0.526. The molecule has 0 bridgehead atoms. The van der Waals surface area contributed by atoms with Gasteiger partial charge in [0.25, 0.3) is 0 Å². The number of aromatic nitrogens is 6. The molecule has 0 spiro atoms. The molecule has 8 heteroatoms. The fourth-order valence-electron chi connectivity index (χ4n) is 3.73. The molecule has 3 aromatic rings. The number of aliphatic hydroxyl groups excluding tert-OH is 1. The van der Waals surface area contributed by atoms with E-state index in [-0.39, 0.29) is 0 Å². The van der Waals surface area contributed by atoms with Crippen LogP contribution in [0.5, 0.6) is 0 Å². The van der Waals surface area contributed by atoms with Crippen LogP contribution in [0.3, 0.4) is 0 Å². The highest BCUT2D eigenvalue weighted by molar-refractivity contribution is 5.22. The maximum Gasteiger partial charge on any atom is 0.139 e. The van der Waals surface area contributed by atoms with E-state index in [2.05, 4.69) is 38.7 Å². The first-order valence-electron chi connectivity index (χ1n) is 9.53. The molecule has 1 N–H and O–H groups in total. The quantitative estimate of drug-likeness (QED) is 0.715. The average Bonchev–Trinajstić information content (AvgIpc) is 3.36. The van der Waals surface area contributed by atoms with E-state index in [1.54, 1.807) is 10.9 Å². The van der Waals surface area contributed by atoms with Crippen LogP contribution in [0, 0.1) is 6.92 Å². The zero-order chi connectivity index (χ0) is 19.0. The Balaban J connectivity index is 1.47. The molecule has 0 aliphatic carbocycles. The lowest BCUT2D eigenvalue weighted by Crippen LogP contribution is -2.33. The number of hydrogen-bond donors (Lipinski definition) is 1. The third-order valence-corrected chi connectivity index (χ3v) is 5.35. The Morgan fingerprint density at radius 2 is 2.11 bits per heavy atom. The highest BCUT2D eigenvalue weighted by atomic mass is 16.3. The smallest absolute Gasteiger partial charge is 0.139 e. The first kappa shape index (κ1) is 17.9. The number of aliphatic hydroxyl groups is 1. The molecule has 1 aliphatic rings. The van der Waals surface area contributed by atoms with Crippen LogP contribution < -0.4 is 0 Å². The second-order valence-corrected chi connectivity index (χ2v) is 7.25. The van der Waals surface area contributed by atoms with Crippen molar-refractivity contribution in [1.29, 1.82) is 0 Å².